The lowest BCUT2D eigenvalue weighted by Gasteiger charge is -2.16. The SMILES string of the molecule is Cc1ccn(C(C)C(=O)Nc2c(F)c(F)c(C(F)(F)F)c(F)c2F)n1. The number of aryl methyl sites for hydroxylation is 1. The van der Waals surface area contributed by atoms with Gasteiger partial charge in [-0.25, -0.2) is 17.6 Å². The number of nitrogens with one attached hydrogen (secondary N) is 1. The van der Waals surface area contributed by atoms with Crippen molar-refractivity contribution in [3.8, 4) is 0 Å². The van der Waals surface area contributed by atoms with E-state index in [-0.39, 0.29) is 0 Å². The molecular formula is C14H10F7N3O. The van der Waals surface area contributed by atoms with E-state index in [4.69, 9.17) is 0 Å². The molecule has 0 radical (unpaired) electrons. The zero-order valence-corrected chi connectivity index (χ0v) is 12.7. The summed E-state index contributed by atoms with van der Waals surface area (Å²) in [6.45, 7) is 2.86. The molecule has 1 aromatic heterocycles. The minimum atomic E-state index is -5.65. The van der Waals surface area contributed by atoms with E-state index in [0.29, 0.717) is 5.69 Å². The van der Waals surface area contributed by atoms with E-state index in [1.54, 1.807) is 12.2 Å². The molecule has 4 nitrogen and oxygen atoms in total. The zero-order valence-electron chi connectivity index (χ0n) is 12.7. The lowest BCUT2D eigenvalue weighted by Crippen LogP contribution is -2.26. The molecule has 2 rings (SSSR count). The molecule has 1 unspecified atom stereocenters. The number of amides is 1. The number of carbonyl (C=O) groups is 1. The van der Waals surface area contributed by atoms with Gasteiger partial charge in [0.25, 0.3) is 0 Å². The highest BCUT2D eigenvalue weighted by Gasteiger charge is 2.42. The van der Waals surface area contributed by atoms with Crippen LogP contribution < -0.4 is 5.32 Å². The van der Waals surface area contributed by atoms with Crippen molar-refractivity contribution in [3.05, 3.63) is 46.8 Å². The van der Waals surface area contributed by atoms with Crippen LogP contribution in [0.4, 0.5) is 36.4 Å². The van der Waals surface area contributed by atoms with Crippen molar-refractivity contribution in [2.75, 3.05) is 5.32 Å². The maximum absolute atomic E-state index is 13.7. The van der Waals surface area contributed by atoms with Crippen molar-refractivity contribution in [2.45, 2.75) is 26.1 Å². The molecule has 0 spiro atoms. The van der Waals surface area contributed by atoms with Gasteiger partial charge in [0.15, 0.2) is 23.3 Å². The van der Waals surface area contributed by atoms with Crippen molar-refractivity contribution in [2.24, 2.45) is 0 Å². The van der Waals surface area contributed by atoms with Crippen LogP contribution in [0.15, 0.2) is 12.3 Å². The monoisotopic (exact) mass is 369 g/mol. The first-order valence-electron chi connectivity index (χ1n) is 6.71. The number of benzene rings is 1. The summed E-state index contributed by atoms with van der Waals surface area (Å²) in [5.74, 6) is -11.2. The predicted octanol–water partition coefficient (Wildman–Crippen LogP) is 3.97. The lowest BCUT2D eigenvalue weighted by molar-refractivity contribution is -0.143. The molecule has 11 heteroatoms. The third-order valence-corrected chi connectivity index (χ3v) is 3.31. The number of alkyl halides is 3. The topological polar surface area (TPSA) is 46.9 Å². The van der Waals surface area contributed by atoms with Crippen LogP contribution in [0.25, 0.3) is 0 Å². The lowest BCUT2D eigenvalue weighted by atomic mass is 10.1. The van der Waals surface area contributed by atoms with Gasteiger partial charge in [0.1, 0.15) is 17.3 Å². The van der Waals surface area contributed by atoms with Crippen molar-refractivity contribution < 1.29 is 35.5 Å². The second-order valence-corrected chi connectivity index (χ2v) is 5.11. The Balaban J connectivity index is 2.42. The van der Waals surface area contributed by atoms with E-state index in [2.05, 4.69) is 5.10 Å². The van der Waals surface area contributed by atoms with Gasteiger partial charge in [0.2, 0.25) is 5.91 Å². The second-order valence-electron chi connectivity index (χ2n) is 5.11. The average Bonchev–Trinajstić information content (AvgIpc) is 2.94. The largest absolute Gasteiger partial charge is 0.422 e. The van der Waals surface area contributed by atoms with Crippen LogP contribution >= 0.6 is 0 Å². The van der Waals surface area contributed by atoms with Crippen LogP contribution in [0.3, 0.4) is 0 Å². The van der Waals surface area contributed by atoms with Crippen LogP contribution in [-0.2, 0) is 11.0 Å². The number of halogens is 7. The molecule has 1 atom stereocenters. The molecule has 0 aliphatic heterocycles. The Kier molecular flexibility index (Phi) is 4.78. The van der Waals surface area contributed by atoms with Gasteiger partial charge in [0.05, 0.1) is 5.69 Å². The van der Waals surface area contributed by atoms with Crippen LogP contribution in [0.2, 0.25) is 0 Å². The summed E-state index contributed by atoms with van der Waals surface area (Å²) in [7, 11) is 0. The van der Waals surface area contributed by atoms with Gasteiger partial charge in [-0.1, -0.05) is 0 Å². The maximum atomic E-state index is 13.7. The van der Waals surface area contributed by atoms with Crippen LogP contribution in [0, 0.1) is 30.2 Å². The minimum Gasteiger partial charge on any atom is -0.319 e. The third kappa shape index (κ3) is 3.44. The predicted molar refractivity (Wildman–Crippen MR) is 71.6 cm³/mol. The number of hydrogen-bond acceptors (Lipinski definition) is 2. The average molecular weight is 369 g/mol. The Labute approximate surface area is 136 Å². The number of hydrogen-bond donors (Lipinski definition) is 1. The van der Waals surface area contributed by atoms with Crippen molar-refractivity contribution in [1.29, 1.82) is 0 Å². The molecule has 0 aliphatic rings. The first-order chi connectivity index (χ1) is 11.4. The van der Waals surface area contributed by atoms with Gasteiger partial charge >= 0.3 is 6.18 Å². The van der Waals surface area contributed by atoms with E-state index < -0.39 is 52.6 Å². The summed E-state index contributed by atoms with van der Waals surface area (Å²) >= 11 is 0. The van der Waals surface area contributed by atoms with Crippen LogP contribution in [0.5, 0.6) is 0 Å². The summed E-state index contributed by atoms with van der Waals surface area (Å²) in [4.78, 5) is 12.0. The molecule has 0 saturated carbocycles. The van der Waals surface area contributed by atoms with Gasteiger partial charge in [-0.05, 0) is 19.9 Å². The summed E-state index contributed by atoms with van der Waals surface area (Å²) in [6.07, 6.45) is -4.29. The molecule has 0 bridgehead atoms. The number of anilines is 1. The van der Waals surface area contributed by atoms with Crippen molar-refractivity contribution in [3.63, 3.8) is 0 Å². The maximum Gasteiger partial charge on any atom is 0.422 e. The molecule has 1 heterocycles. The smallest absolute Gasteiger partial charge is 0.319 e. The van der Waals surface area contributed by atoms with E-state index in [1.165, 1.54) is 19.2 Å². The first kappa shape index (κ1) is 18.7. The molecular weight excluding hydrogens is 359 g/mol. The minimum absolute atomic E-state index is 0.517. The van der Waals surface area contributed by atoms with Crippen LogP contribution in [-0.4, -0.2) is 15.7 Å². The highest BCUT2D eigenvalue weighted by Crippen LogP contribution is 2.38. The fraction of sp³-hybridized carbons (Fsp3) is 0.286. The van der Waals surface area contributed by atoms with Gasteiger partial charge in [0, 0.05) is 6.20 Å². The number of rotatable bonds is 3. The summed E-state index contributed by atoms with van der Waals surface area (Å²) in [6, 6.07) is 0.364. The fourth-order valence-electron chi connectivity index (χ4n) is 1.99. The first-order valence-corrected chi connectivity index (χ1v) is 6.71. The second kappa shape index (κ2) is 6.37. The van der Waals surface area contributed by atoms with Crippen LogP contribution in [0.1, 0.15) is 24.2 Å². The van der Waals surface area contributed by atoms with Gasteiger partial charge < -0.3 is 5.32 Å². The summed E-state index contributed by atoms with van der Waals surface area (Å²) < 4.78 is 93.1. The number of aromatic nitrogens is 2. The Morgan fingerprint density at radius 2 is 1.64 bits per heavy atom. The quantitative estimate of drug-likeness (QED) is 0.658. The molecule has 1 amide bonds. The fourth-order valence-corrected chi connectivity index (χ4v) is 1.99. The number of nitrogens with zero attached hydrogens (tertiary/aromatic N) is 2. The highest BCUT2D eigenvalue weighted by atomic mass is 19.4. The summed E-state index contributed by atoms with van der Waals surface area (Å²) in [5.41, 5.74) is -3.84. The molecule has 1 N–H and O–H groups in total. The molecule has 25 heavy (non-hydrogen) atoms. The molecule has 0 fully saturated rings. The molecule has 1 aromatic carbocycles. The Bertz CT molecular complexity index is 800. The van der Waals surface area contributed by atoms with Gasteiger partial charge in [-0.15, -0.1) is 0 Å². The van der Waals surface area contributed by atoms with E-state index in [9.17, 15) is 35.5 Å². The molecule has 2 aromatic rings. The van der Waals surface area contributed by atoms with E-state index >= 15 is 0 Å². The van der Waals surface area contributed by atoms with Crippen molar-refractivity contribution >= 4 is 11.6 Å². The molecule has 0 saturated heterocycles. The Morgan fingerprint density at radius 3 is 2.04 bits per heavy atom. The number of carbonyl (C=O) groups excluding carboxylic acids is 1. The Morgan fingerprint density at radius 1 is 1.12 bits per heavy atom. The highest BCUT2D eigenvalue weighted by molar-refractivity contribution is 5.93. The Hall–Kier alpha value is -2.59. The van der Waals surface area contributed by atoms with E-state index in [0.717, 1.165) is 4.68 Å². The molecule has 0 aliphatic carbocycles. The van der Waals surface area contributed by atoms with Gasteiger partial charge in [-0.2, -0.15) is 18.3 Å². The van der Waals surface area contributed by atoms with Crippen molar-refractivity contribution in [1.82, 2.24) is 9.78 Å². The normalized spacial score (nSPS) is 13.0. The zero-order chi connectivity index (χ0) is 19.1. The van der Waals surface area contributed by atoms with Gasteiger partial charge in [-0.3, -0.25) is 9.48 Å². The molecule has 136 valence electrons. The third-order valence-electron chi connectivity index (χ3n) is 3.31. The summed E-state index contributed by atoms with van der Waals surface area (Å²) in [5, 5.41) is 5.42. The van der Waals surface area contributed by atoms with E-state index in [1.807, 2.05) is 0 Å². The standard InChI is InChI=1S/C14H10F7N3O/c1-5-3-4-24(23-5)6(2)13(25)22-12-10(17)8(15)7(14(19,20)21)9(16)11(12)18/h3-4,6H,1-2H3,(H,22,25).